The molecule has 0 spiro atoms. The highest BCUT2D eigenvalue weighted by Crippen LogP contribution is 2.24. The first-order valence-corrected chi connectivity index (χ1v) is 8.83. The van der Waals surface area contributed by atoms with Crippen LogP contribution in [0.2, 0.25) is 0 Å². The molecule has 8 heteroatoms. The fourth-order valence-corrected chi connectivity index (χ4v) is 4.10. The predicted octanol–water partition coefficient (Wildman–Crippen LogP) is 0.922. The molecule has 0 bridgehead atoms. The lowest BCUT2D eigenvalue weighted by Crippen LogP contribution is -2.35. The van der Waals surface area contributed by atoms with Gasteiger partial charge in [-0.25, -0.2) is 8.42 Å². The van der Waals surface area contributed by atoms with E-state index in [1.165, 1.54) is 10.5 Å². The first-order valence-electron chi connectivity index (χ1n) is 7.39. The van der Waals surface area contributed by atoms with Crippen LogP contribution < -0.4 is 5.73 Å². The van der Waals surface area contributed by atoms with Gasteiger partial charge in [0, 0.05) is 32.4 Å². The number of hydrogen-bond donors (Lipinski definition) is 1. The Kier molecular flexibility index (Phi) is 5.23. The molecule has 0 aromatic carbocycles. The number of rotatable bonds is 7. The fourth-order valence-electron chi connectivity index (χ4n) is 2.51. The summed E-state index contributed by atoms with van der Waals surface area (Å²) >= 11 is 0. The van der Waals surface area contributed by atoms with Gasteiger partial charge < -0.3 is 10.5 Å². The Morgan fingerprint density at radius 1 is 1.52 bits per heavy atom. The second-order valence-corrected chi connectivity index (χ2v) is 7.23. The number of ether oxygens (including phenoxy) is 1. The van der Waals surface area contributed by atoms with Crippen molar-refractivity contribution in [3.05, 3.63) is 6.20 Å². The highest BCUT2D eigenvalue weighted by molar-refractivity contribution is 7.89. The summed E-state index contributed by atoms with van der Waals surface area (Å²) in [5.74, 6) is 0.330. The number of aromatic nitrogens is 2. The molecule has 1 aliphatic rings. The van der Waals surface area contributed by atoms with Gasteiger partial charge in [-0.1, -0.05) is 13.8 Å². The van der Waals surface area contributed by atoms with E-state index in [4.69, 9.17) is 10.5 Å². The Bertz CT molecular complexity index is 564. The van der Waals surface area contributed by atoms with Gasteiger partial charge in [0.1, 0.15) is 4.90 Å². The van der Waals surface area contributed by atoms with Crippen molar-refractivity contribution < 1.29 is 13.2 Å². The topological polar surface area (TPSA) is 90.5 Å². The fraction of sp³-hybridized carbons (Fsp3) is 0.769. The Morgan fingerprint density at radius 2 is 2.29 bits per heavy atom. The second-order valence-electron chi connectivity index (χ2n) is 5.33. The minimum absolute atomic E-state index is 0.0737. The summed E-state index contributed by atoms with van der Waals surface area (Å²) in [5, 5.41) is 4.08. The molecule has 0 amide bonds. The molecule has 120 valence electrons. The van der Waals surface area contributed by atoms with Gasteiger partial charge in [0.25, 0.3) is 0 Å². The number of anilines is 1. The Labute approximate surface area is 126 Å². The van der Waals surface area contributed by atoms with E-state index in [0.717, 1.165) is 12.8 Å². The van der Waals surface area contributed by atoms with Gasteiger partial charge in [-0.05, 0) is 18.8 Å². The van der Waals surface area contributed by atoms with Gasteiger partial charge in [-0.3, -0.25) is 4.68 Å². The van der Waals surface area contributed by atoms with Crippen LogP contribution in [0, 0.1) is 5.92 Å². The van der Waals surface area contributed by atoms with Crippen LogP contribution in [-0.4, -0.2) is 48.8 Å². The molecule has 1 fully saturated rings. The summed E-state index contributed by atoms with van der Waals surface area (Å²) in [7, 11) is -3.60. The van der Waals surface area contributed by atoms with Crippen molar-refractivity contribution in [1.29, 1.82) is 0 Å². The van der Waals surface area contributed by atoms with Gasteiger partial charge in [0.15, 0.2) is 5.82 Å². The number of nitrogens with zero attached hydrogens (tertiary/aromatic N) is 3. The van der Waals surface area contributed by atoms with Crippen LogP contribution in [-0.2, 0) is 21.3 Å². The molecular formula is C13H24N4O3S. The van der Waals surface area contributed by atoms with Gasteiger partial charge in [-0.15, -0.1) is 0 Å². The molecule has 7 nitrogen and oxygen atoms in total. The van der Waals surface area contributed by atoms with Crippen LogP contribution in [0.3, 0.4) is 0 Å². The summed E-state index contributed by atoms with van der Waals surface area (Å²) in [4.78, 5) is 0.108. The molecule has 1 aromatic rings. The molecule has 2 heterocycles. The zero-order chi connectivity index (χ0) is 15.5. The maximum atomic E-state index is 12.7. The molecule has 2 rings (SSSR count). The van der Waals surface area contributed by atoms with Crippen LogP contribution >= 0.6 is 0 Å². The number of nitrogen functional groups attached to an aromatic ring is 1. The molecule has 0 radical (unpaired) electrons. The molecule has 1 aliphatic heterocycles. The molecule has 1 unspecified atom stereocenters. The van der Waals surface area contributed by atoms with Crippen molar-refractivity contribution in [2.24, 2.45) is 5.92 Å². The first kappa shape index (κ1) is 16.3. The zero-order valence-electron chi connectivity index (χ0n) is 12.7. The molecule has 0 saturated carbocycles. The number of nitrogens with two attached hydrogens (primary N) is 1. The molecule has 1 aromatic heterocycles. The summed E-state index contributed by atoms with van der Waals surface area (Å²) in [5.41, 5.74) is 5.80. The summed E-state index contributed by atoms with van der Waals surface area (Å²) in [6.07, 6.45) is 3.30. The highest BCUT2D eigenvalue weighted by Gasteiger charge is 2.30. The molecule has 21 heavy (non-hydrogen) atoms. The van der Waals surface area contributed by atoms with E-state index in [1.807, 2.05) is 13.8 Å². The van der Waals surface area contributed by atoms with Gasteiger partial charge in [0.05, 0.1) is 6.61 Å². The average Bonchev–Trinajstić information content (AvgIpc) is 3.06. The maximum Gasteiger partial charge on any atom is 0.248 e. The van der Waals surface area contributed by atoms with Crippen molar-refractivity contribution in [3.63, 3.8) is 0 Å². The SMILES string of the molecule is CCCn1cc(S(=O)(=O)N(CC)CC2CCOC2)c(N)n1. The summed E-state index contributed by atoms with van der Waals surface area (Å²) in [6.45, 7) is 6.71. The summed E-state index contributed by atoms with van der Waals surface area (Å²) in [6, 6.07) is 0. The van der Waals surface area contributed by atoms with E-state index in [1.54, 1.807) is 4.68 Å². The van der Waals surface area contributed by atoms with Gasteiger partial charge >= 0.3 is 0 Å². The van der Waals surface area contributed by atoms with Crippen LogP contribution in [0.5, 0.6) is 0 Å². The standard InChI is InChI=1S/C13H24N4O3S/c1-3-6-16-9-12(13(14)15-16)21(18,19)17(4-2)8-11-5-7-20-10-11/h9,11H,3-8,10H2,1-2H3,(H2,14,15). The van der Waals surface area contributed by atoms with Crippen LogP contribution in [0.1, 0.15) is 26.7 Å². The average molecular weight is 316 g/mol. The molecular weight excluding hydrogens is 292 g/mol. The Morgan fingerprint density at radius 3 is 2.86 bits per heavy atom. The monoisotopic (exact) mass is 316 g/mol. The van der Waals surface area contributed by atoms with E-state index >= 15 is 0 Å². The third-order valence-corrected chi connectivity index (χ3v) is 5.62. The molecule has 0 aliphatic carbocycles. The quantitative estimate of drug-likeness (QED) is 0.808. The number of aryl methyl sites for hydroxylation is 1. The van der Waals surface area contributed by atoms with E-state index in [2.05, 4.69) is 5.10 Å². The lowest BCUT2D eigenvalue weighted by atomic mass is 10.1. The lowest BCUT2D eigenvalue weighted by Gasteiger charge is -2.22. The molecule has 1 saturated heterocycles. The van der Waals surface area contributed by atoms with Crippen molar-refractivity contribution in [2.45, 2.75) is 38.1 Å². The number of hydrogen-bond acceptors (Lipinski definition) is 5. The highest BCUT2D eigenvalue weighted by atomic mass is 32.2. The first-order chi connectivity index (χ1) is 9.98. The van der Waals surface area contributed by atoms with Crippen molar-refractivity contribution in [1.82, 2.24) is 14.1 Å². The third kappa shape index (κ3) is 3.56. The molecule has 1 atom stereocenters. The maximum absolute atomic E-state index is 12.7. The van der Waals surface area contributed by atoms with Crippen molar-refractivity contribution >= 4 is 15.8 Å². The third-order valence-electron chi connectivity index (χ3n) is 3.66. The minimum atomic E-state index is -3.60. The Hall–Kier alpha value is -1.12. The van der Waals surface area contributed by atoms with Gasteiger partial charge in [-0.2, -0.15) is 9.40 Å². The van der Waals surface area contributed by atoms with E-state index < -0.39 is 10.0 Å². The van der Waals surface area contributed by atoms with Crippen molar-refractivity contribution in [2.75, 3.05) is 32.0 Å². The van der Waals surface area contributed by atoms with E-state index in [-0.39, 0.29) is 16.6 Å². The van der Waals surface area contributed by atoms with E-state index in [9.17, 15) is 8.42 Å². The van der Waals surface area contributed by atoms with Crippen LogP contribution in [0.25, 0.3) is 0 Å². The van der Waals surface area contributed by atoms with Crippen LogP contribution in [0.4, 0.5) is 5.82 Å². The predicted molar refractivity (Wildman–Crippen MR) is 80.3 cm³/mol. The van der Waals surface area contributed by atoms with Gasteiger partial charge in [0.2, 0.25) is 10.0 Å². The molecule has 2 N–H and O–H groups in total. The lowest BCUT2D eigenvalue weighted by molar-refractivity contribution is 0.181. The van der Waals surface area contributed by atoms with Crippen LogP contribution in [0.15, 0.2) is 11.1 Å². The second kappa shape index (κ2) is 6.76. The normalized spacial score (nSPS) is 19.5. The Balaban J connectivity index is 2.21. The van der Waals surface area contributed by atoms with E-state index in [0.29, 0.717) is 32.8 Å². The zero-order valence-corrected chi connectivity index (χ0v) is 13.5. The summed E-state index contributed by atoms with van der Waals surface area (Å²) < 4.78 is 33.9. The largest absolute Gasteiger partial charge is 0.381 e. The minimum Gasteiger partial charge on any atom is -0.381 e. The van der Waals surface area contributed by atoms with Crippen molar-refractivity contribution in [3.8, 4) is 0 Å². The smallest absolute Gasteiger partial charge is 0.248 e. The number of sulfonamides is 1.